The summed E-state index contributed by atoms with van der Waals surface area (Å²) in [5, 5.41) is 9.88. The average Bonchev–Trinajstić information content (AvgIpc) is 3.43. The number of aromatic nitrogens is 2. The van der Waals surface area contributed by atoms with Gasteiger partial charge in [-0.2, -0.15) is 31.2 Å². The largest absolute Gasteiger partial charge is 0.471 e. The highest BCUT2D eigenvalue weighted by Gasteiger charge is 2.53. The summed E-state index contributed by atoms with van der Waals surface area (Å²) in [6.07, 6.45) is -4.31. The summed E-state index contributed by atoms with van der Waals surface area (Å²) >= 11 is 0. The number of carbonyl (C=O) groups excluding carboxylic acids is 2. The number of carbonyl (C=O) groups is 2. The normalized spacial score (nSPS) is 17.8. The molecule has 3 heterocycles. The second-order valence-corrected chi connectivity index (χ2v) is 15.4. The molecular formula is C33H37F4N7O7S. The van der Waals surface area contributed by atoms with Gasteiger partial charge in [-0.25, -0.2) is 14.2 Å². The first-order chi connectivity index (χ1) is 24.2. The molecule has 2 aromatic carbocycles. The van der Waals surface area contributed by atoms with E-state index in [0.717, 1.165) is 16.4 Å². The summed E-state index contributed by atoms with van der Waals surface area (Å²) in [7, 11) is -2.77. The summed E-state index contributed by atoms with van der Waals surface area (Å²) in [5.41, 5.74) is -2.95. The van der Waals surface area contributed by atoms with Gasteiger partial charge in [-0.3, -0.25) is 18.9 Å². The molecule has 2 fully saturated rings. The third-order valence-corrected chi connectivity index (χ3v) is 10.7. The van der Waals surface area contributed by atoms with Gasteiger partial charge in [0.05, 0.1) is 34.5 Å². The van der Waals surface area contributed by atoms with E-state index in [1.54, 1.807) is 33.8 Å². The monoisotopic (exact) mass is 751 g/mol. The van der Waals surface area contributed by atoms with Crippen LogP contribution in [0.5, 0.6) is 11.5 Å². The second-order valence-electron chi connectivity index (χ2n) is 13.6. The fourth-order valence-corrected chi connectivity index (χ4v) is 7.31. The van der Waals surface area contributed by atoms with E-state index in [9.17, 15) is 41.2 Å². The second kappa shape index (κ2) is 13.9. The molecule has 2 amide bonds. The summed E-state index contributed by atoms with van der Waals surface area (Å²) < 4.78 is 95.7. The first kappa shape index (κ1) is 38.3. The summed E-state index contributed by atoms with van der Waals surface area (Å²) in [5.74, 6) is -3.61. The van der Waals surface area contributed by atoms with Crippen molar-refractivity contribution in [3.05, 3.63) is 58.4 Å². The Hall–Kier alpha value is -4.96. The van der Waals surface area contributed by atoms with E-state index >= 15 is 4.39 Å². The van der Waals surface area contributed by atoms with Crippen molar-refractivity contribution in [3.8, 4) is 17.6 Å². The third kappa shape index (κ3) is 7.62. The van der Waals surface area contributed by atoms with Gasteiger partial charge in [0.1, 0.15) is 23.0 Å². The lowest BCUT2D eigenvalue weighted by Gasteiger charge is -2.44. The van der Waals surface area contributed by atoms with Crippen LogP contribution in [0.3, 0.4) is 0 Å². The highest BCUT2D eigenvalue weighted by Crippen LogP contribution is 2.44. The van der Waals surface area contributed by atoms with Crippen LogP contribution in [0, 0.1) is 17.1 Å². The van der Waals surface area contributed by atoms with E-state index < -0.39 is 68.3 Å². The summed E-state index contributed by atoms with van der Waals surface area (Å²) in [4.78, 5) is 45.9. The maximum absolute atomic E-state index is 15.1. The molecule has 0 aliphatic carbocycles. The topological polar surface area (TPSA) is 167 Å². The Kier molecular flexibility index (Phi) is 10.2. The van der Waals surface area contributed by atoms with Gasteiger partial charge in [-0.15, -0.1) is 0 Å². The molecule has 3 aromatic rings. The highest BCUT2D eigenvalue weighted by molar-refractivity contribution is 7.90. The summed E-state index contributed by atoms with van der Waals surface area (Å²) in [6.45, 7) is 6.13. The SMILES string of the molecule is CCN(C)S(=O)(=O)Nc1ccc(F)c(Oc2ccc3ncn([C@H]4CN(C(=O)OC(C)(C)C)C5(CCN(C(=O)C(F)(F)F)CC5)C4)c(=O)c3c2)c1C#N. The zero-order valence-electron chi connectivity index (χ0n) is 29.0. The Morgan fingerprint density at radius 3 is 2.42 bits per heavy atom. The molecule has 280 valence electrons. The number of likely N-dealkylation sites (tertiary alicyclic amines) is 2. The van der Waals surface area contributed by atoms with Crippen LogP contribution in [-0.4, -0.2) is 94.6 Å². The van der Waals surface area contributed by atoms with Crippen LogP contribution in [0.2, 0.25) is 0 Å². The molecule has 2 aliphatic rings. The third-order valence-electron chi connectivity index (χ3n) is 9.10. The minimum absolute atomic E-state index is 0.00898. The standard InChI is InChI=1S/C33H37F4N7O7S/c1-6-41(5)52(48,49)40-26-10-8-24(34)27(23(26)17-38)50-21-7-9-25-22(15-21)28(45)43(19-39-25)20-16-32(44(18-20)30(47)51-31(2,3)4)11-13-42(14-12-32)29(46)33(35,36)37/h7-10,15,19-20,40H,6,11-14,16,18H2,1-5H3/t20-/m1/s1. The van der Waals surface area contributed by atoms with Crippen molar-refractivity contribution in [2.24, 2.45) is 0 Å². The minimum Gasteiger partial charge on any atom is -0.453 e. The fourth-order valence-electron chi connectivity index (χ4n) is 6.36. The lowest BCUT2D eigenvalue weighted by atomic mass is 9.84. The lowest BCUT2D eigenvalue weighted by Crippen LogP contribution is -2.57. The Balaban J connectivity index is 1.47. The van der Waals surface area contributed by atoms with E-state index in [0.29, 0.717) is 4.90 Å². The highest BCUT2D eigenvalue weighted by atomic mass is 32.2. The molecule has 0 radical (unpaired) electrons. The zero-order chi connectivity index (χ0) is 38.4. The van der Waals surface area contributed by atoms with Crippen molar-refractivity contribution < 1.29 is 45.0 Å². The van der Waals surface area contributed by atoms with Crippen molar-refractivity contribution in [1.29, 1.82) is 5.26 Å². The number of benzene rings is 2. The number of alkyl halides is 3. The first-order valence-electron chi connectivity index (χ1n) is 16.2. The van der Waals surface area contributed by atoms with Crippen LogP contribution < -0.4 is 15.0 Å². The van der Waals surface area contributed by atoms with Crippen molar-refractivity contribution in [2.45, 2.75) is 70.3 Å². The molecule has 14 nitrogen and oxygen atoms in total. The van der Waals surface area contributed by atoms with Gasteiger partial charge in [0.2, 0.25) is 0 Å². The maximum atomic E-state index is 15.1. The van der Waals surface area contributed by atoms with Gasteiger partial charge in [0.15, 0.2) is 11.6 Å². The van der Waals surface area contributed by atoms with E-state index in [-0.39, 0.29) is 67.8 Å². The van der Waals surface area contributed by atoms with Crippen LogP contribution in [0.4, 0.5) is 28.0 Å². The van der Waals surface area contributed by atoms with Gasteiger partial charge in [-0.1, -0.05) is 6.92 Å². The number of nitriles is 1. The first-order valence-corrected chi connectivity index (χ1v) is 17.7. The fraction of sp³-hybridized carbons (Fsp3) is 0.485. The quantitative estimate of drug-likeness (QED) is 0.330. The van der Waals surface area contributed by atoms with Crippen molar-refractivity contribution in [2.75, 3.05) is 37.9 Å². The van der Waals surface area contributed by atoms with Crippen LogP contribution in [0.15, 0.2) is 41.5 Å². The van der Waals surface area contributed by atoms with Gasteiger partial charge >= 0.3 is 28.4 Å². The van der Waals surface area contributed by atoms with Gasteiger partial charge in [0.25, 0.3) is 5.56 Å². The average molecular weight is 752 g/mol. The van der Waals surface area contributed by atoms with Crippen LogP contribution >= 0.6 is 0 Å². The number of halogens is 4. The number of ether oxygens (including phenoxy) is 2. The molecule has 19 heteroatoms. The molecule has 2 saturated heterocycles. The van der Waals surface area contributed by atoms with Crippen LogP contribution in [0.25, 0.3) is 10.9 Å². The number of hydrogen-bond donors (Lipinski definition) is 1. The predicted octanol–water partition coefficient (Wildman–Crippen LogP) is 4.91. The van der Waals surface area contributed by atoms with Crippen molar-refractivity contribution in [3.63, 3.8) is 0 Å². The predicted molar refractivity (Wildman–Crippen MR) is 179 cm³/mol. The number of nitrogens with zero attached hydrogens (tertiary/aromatic N) is 6. The molecule has 5 rings (SSSR count). The molecule has 1 N–H and O–H groups in total. The summed E-state index contributed by atoms with van der Waals surface area (Å²) in [6, 6.07) is 7.16. The number of anilines is 1. The molecule has 1 spiro atoms. The minimum atomic E-state index is -5.05. The van der Waals surface area contributed by atoms with Crippen LogP contribution in [0.1, 0.15) is 58.6 Å². The Morgan fingerprint density at radius 2 is 1.83 bits per heavy atom. The molecular weight excluding hydrogens is 714 g/mol. The number of amides is 2. The van der Waals surface area contributed by atoms with E-state index in [1.807, 2.05) is 0 Å². The van der Waals surface area contributed by atoms with Gasteiger partial charge in [-0.05, 0) is 70.4 Å². The van der Waals surface area contributed by atoms with Crippen molar-refractivity contribution in [1.82, 2.24) is 23.7 Å². The zero-order valence-corrected chi connectivity index (χ0v) is 29.8. The molecule has 1 atom stereocenters. The number of rotatable bonds is 7. The van der Waals surface area contributed by atoms with Crippen LogP contribution in [-0.2, 0) is 19.7 Å². The van der Waals surface area contributed by atoms with E-state index in [2.05, 4.69) is 9.71 Å². The van der Waals surface area contributed by atoms with E-state index in [1.165, 1.54) is 41.0 Å². The Morgan fingerprint density at radius 1 is 1.15 bits per heavy atom. The van der Waals surface area contributed by atoms with E-state index in [4.69, 9.17) is 9.47 Å². The molecule has 52 heavy (non-hydrogen) atoms. The Labute approximate surface area is 296 Å². The molecule has 0 unspecified atom stereocenters. The lowest BCUT2D eigenvalue weighted by molar-refractivity contribution is -0.187. The number of nitrogens with one attached hydrogen (secondary N) is 1. The molecule has 0 bridgehead atoms. The Bertz CT molecular complexity index is 2100. The number of fused-ring (bicyclic) bond motifs is 1. The maximum Gasteiger partial charge on any atom is 0.471 e. The smallest absolute Gasteiger partial charge is 0.453 e. The molecule has 1 aromatic heterocycles. The molecule has 0 saturated carbocycles. The molecule has 2 aliphatic heterocycles. The number of hydrogen-bond acceptors (Lipinski definition) is 9. The van der Waals surface area contributed by atoms with Gasteiger partial charge < -0.3 is 19.3 Å². The van der Waals surface area contributed by atoms with Gasteiger partial charge in [0, 0.05) is 33.2 Å². The number of piperidine rings is 1. The van der Waals surface area contributed by atoms with Crippen molar-refractivity contribution >= 4 is 38.8 Å².